The number of benzene rings is 1. The third-order valence-corrected chi connectivity index (χ3v) is 5.97. The Bertz CT molecular complexity index is 1020. The molecule has 156 valence electrons. The highest BCUT2D eigenvalue weighted by Crippen LogP contribution is 2.26. The number of nitrogens with zero attached hydrogens (tertiary/aromatic N) is 4. The highest BCUT2D eigenvalue weighted by Gasteiger charge is 2.22. The van der Waals surface area contributed by atoms with Crippen molar-refractivity contribution in [3.63, 3.8) is 0 Å². The summed E-state index contributed by atoms with van der Waals surface area (Å²) in [6.07, 6.45) is 5.37. The lowest BCUT2D eigenvalue weighted by molar-refractivity contribution is 0.0908. The van der Waals surface area contributed by atoms with Gasteiger partial charge in [0.25, 0.3) is 5.91 Å². The van der Waals surface area contributed by atoms with E-state index >= 15 is 0 Å². The van der Waals surface area contributed by atoms with Crippen molar-refractivity contribution in [3.8, 4) is 11.1 Å². The minimum absolute atomic E-state index is 0.0509. The second-order valence-electron chi connectivity index (χ2n) is 8.14. The molecule has 0 saturated carbocycles. The molecule has 3 heterocycles. The summed E-state index contributed by atoms with van der Waals surface area (Å²) in [4.78, 5) is 19.6. The Kier molecular flexibility index (Phi) is 5.95. The molecule has 1 saturated heterocycles. The quantitative estimate of drug-likeness (QED) is 0.708. The number of aryl methyl sites for hydroxylation is 2. The number of aromatic nitrogens is 3. The third kappa shape index (κ3) is 4.44. The maximum absolute atomic E-state index is 12.9. The van der Waals surface area contributed by atoms with Crippen LogP contribution in [0.4, 0.5) is 0 Å². The fraction of sp³-hybridized carbons (Fsp3) is 0.375. The van der Waals surface area contributed by atoms with Gasteiger partial charge in [0.2, 0.25) is 0 Å². The Labute approximate surface area is 177 Å². The van der Waals surface area contributed by atoms with Crippen molar-refractivity contribution < 1.29 is 4.79 Å². The molecule has 30 heavy (non-hydrogen) atoms. The maximum Gasteiger partial charge on any atom is 0.253 e. The first-order valence-corrected chi connectivity index (χ1v) is 10.5. The van der Waals surface area contributed by atoms with E-state index in [0.29, 0.717) is 5.56 Å². The average Bonchev–Trinajstić information content (AvgIpc) is 3.01. The Hall–Kier alpha value is -2.99. The molecule has 0 bridgehead atoms. The Morgan fingerprint density at radius 1 is 1.13 bits per heavy atom. The molecule has 1 aliphatic heterocycles. The van der Waals surface area contributed by atoms with Crippen LogP contribution >= 0.6 is 0 Å². The molecule has 4 rings (SSSR count). The second-order valence-corrected chi connectivity index (χ2v) is 8.14. The van der Waals surface area contributed by atoms with Gasteiger partial charge in [0, 0.05) is 61.9 Å². The summed E-state index contributed by atoms with van der Waals surface area (Å²) in [6.45, 7) is 6.97. The van der Waals surface area contributed by atoms with E-state index in [0.717, 1.165) is 55.0 Å². The van der Waals surface area contributed by atoms with Crippen molar-refractivity contribution in [2.45, 2.75) is 39.3 Å². The van der Waals surface area contributed by atoms with Crippen LogP contribution in [0.5, 0.6) is 0 Å². The number of hydrogen-bond donors (Lipinski definition) is 1. The molecule has 1 amide bonds. The van der Waals surface area contributed by atoms with Gasteiger partial charge in [-0.1, -0.05) is 30.3 Å². The smallest absolute Gasteiger partial charge is 0.253 e. The van der Waals surface area contributed by atoms with E-state index in [4.69, 9.17) is 0 Å². The average molecular weight is 404 g/mol. The monoisotopic (exact) mass is 403 g/mol. The van der Waals surface area contributed by atoms with Crippen molar-refractivity contribution >= 4 is 5.91 Å². The number of piperidine rings is 1. The van der Waals surface area contributed by atoms with Crippen LogP contribution in [0, 0.1) is 13.8 Å². The van der Waals surface area contributed by atoms with Gasteiger partial charge in [0.15, 0.2) is 0 Å². The Balaban J connectivity index is 1.37. The molecule has 1 aromatic carbocycles. The van der Waals surface area contributed by atoms with Gasteiger partial charge in [-0.25, -0.2) is 0 Å². The molecule has 1 fully saturated rings. The predicted molar refractivity (Wildman–Crippen MR) is 118 cm³/mol. The summed E-state index contributed by atoms with van der Waals surface area (Å²) >= 11 is 0. The molecule has 1 aliphatic rings. The van der Waals surface area contributed by atoms with Gasteiger partial charge in [0.1, 0.15) is 0 Å². The number of carbonyl (C=O) groups is 1. The molecule has 0 unspecified atom stereocenters. The minimum atomic E-state index is -0.0509. The van der Waals surface area contributed by atoms with Crippen LogP contribution in [0.2, 0.25) is 0 Å². The summed E-state index contributed by atoms with van der Waals surface area (Å²) < 4.78 is 1.86. The van der Waals surface area contributed by atoms with E-state index in [2.05, 4.69) is 44.6 Å². The maximum atomic E-state index is 12.9. The zero-order valence-corrected chi connectivity index (χ0v) is 17.9. The molecular formula is C24H29N5O. The lowest BCUT2D eigenvalue weighted by Gasteiger charge is -2.32. The first-order chi connectivity index (χ1) is 14.5. The molecule has 0 spiro atoms. The van der Waals surface area contributed by atoms with Crippen LogP contribution in [-0.2, 0) is 13.6 Å². The number of likely N-dealkylation sites (tertiary alicyclic amines) is 1. The minimum Gasteiger partial charge on any atom is -0.349 e. The summed E-state index contributed by atoms with van der Waals surface area (Å²) in [5, 5.41) is 7.68. The van der Waals surface area contributed by atoms with E-state index in [-0.39, 0.29) is 11.9 Å². The van der Waals surface area contributed by atoms with Gasteiger partial charge in [-0.05, 0) is 38.3 Å². The molecule has 2 aromatic heterocycles. The number of nitrogens with one attached hydrogen (secondary N) is 1. The Morgan fingerprint density at radius 3 is 2.53 bits per heavy atom. The largest absolute Gasteiger partial charge is 0.349 e. The number of rotatable bonds is 5. The van der Waals surface area contributed by atoms with Crippen LogP contribution in [0.15, 0.2) is 48.8 Å². The van der Waals surface area contributed by atoms with E-state index < -0.39 is 0 Å². The molecule has 3 aromatic rings. The van der Waals surface area contributed by atoms with Crippen molar-refractivity contribution in [2.24, 2.45) is 7.05 Å². The number of amides is 1. The highest BCUT2D eigenvalue weighted by molar-refractivity contribution is 5.95. The third-order valence-electron chi connectivity index (χ3n) is 5.97. The van der Waals surface area contributed by atoms with Crippen molar-refractivity contribution in [1.82, 2.24) is 25.0 Å². The summed E-state index contributed by atoms with van der Waals surface area (Å²) in [7, 11) is 1.93. The van der Waals surface area contributed by atoms with E-state index in [1.165, 1.54) is 5.56 Å². The molecule has 0 radical (unpaired) electrons. The highest BCUT2D eigenvalue weighted by atomic mass is 16.1. The first kappa shape index (κ1) is 20.3. The first-order valence-electron chi connectivity index (χ1n) is 10.5. The van der Waals surface area contributed by atoms with Crippen molar-refractivity contribution in [1.29, 1.82) is 0 Å². The van der Waals surface area contributed by atoms with Crippen molar-refractivity contribution in [2.75, 3.05) is 13.1 Å². The normalized spacial score (nSPS) is 15.3. The molecule has 6 heteroatoms. The summed E-state index contributed by atoms with van der Waals surface area (Å²) in [5.74, 6) is -0.0509. The van der Waals surface area contributed by atoms with Gasteiger partial charge >= 0.3 is 0 Å². The van der Waals surface area contributed by atoms with E-state index in [9.17, 15) is 4.79 Å². The van der Waals surface area contributed by atoms with Crippen LogP contribution < -0.4 is 5.32 Å². The van der Waals surface area contributed by atoms with Gasteiger partial charge in [-0.15, -0.1) is 0 Å². The lowest BCUT2D eigenvalue weighted by Crippen LogP contribution is -2.44. The zero-order chi connectivity index (χ0) is 21.1. The fourth-order valence-electron chi connectivity index (χ4n) is 4.24. The van der Waals surface area contributed by atoms with Gasteiger partial charge < -0.3 is 5.32 Å². The molecular weight excluding hydrogens is 374 g/mol. The van der Waals surface area contributed by atoms with Gasteiger partial charge in [0.05, 0.1) is 11.3 Å². The summed E-state index contributed by atoms with van der Waals surface area (Å²) in [6, 6.07) is 12.7. The number of hydrogen-bond acceptors (Lipinski definition) is 4. The van der Waals surface area contributed by atoms with Gasteiger partial charge in [-0.2, -0.15) is 5.10 Å². The standard InChI is InChI=1S/C24H29N5O/c1-17-23(18(2)28(3)27-17)20-13-21(15-25-14-20)24(30)26-22-9-11-29(12-10-22)16-19-7-5-4-6-8-19/h4-8,13-15,22H,9-12,16H2,1-3H3,(H,26,30). The van der Waals surface area contributed by atoms with Crippen LogP contribution in [0.1, 0.15) is 40.2 Å². The second kappa shape index (κ2) is 8.79. The zero-order valence-electron chi connectivity index (χ0n) is 17.9. The molecule has 0 aliphatic carbocycles. The number of pyridine rings is 1. The topological polar surface area (TPSA) is 63.1 Å². The fourth-order valence-corrected chi connectivity index (χ4v) is 4.24. The molecule has 1 N–H and O–H groups in total. The van der Waals surface area contributed by atoms with Crippen molar-refractivity contribution in [3.05, 3.63) is 71.3 Å². The SMILES string of the molecule is Cc1nn(C)c(C)c1-c1cncc(C(=O)NC2CCN(Cc3ccccc3)CC2)c1. The molecule has 0 atom stereocenters. The van der Waals surface area contributed by atoms with Crippen LogP contribution in [-0.4, -0.2) is 44.7 Å². The van der Waals surface area contributed by atoms with E-state index in [1.54, 1.807) is 12.4 Å². The Morgan fingerprint density at radius 2 is 1.87 bits per heavy atom. The van der Waals surface area contributed by atoms with Gasteiger partial charge in [-0.3, -0.25) is 19.4 Å². The van der Waals surface area contributed by atoms with Crippen LogP contribution in [0.3, 0.4) is 0 Å². The predicted octanol–water partition coefficient (Wildman–Crippen LogP) is 3.49. The number of carbonyl (C=O) groups excluding carboxylic acids is 1. The lowest BCUT2D eigenvalue weighted by atomic mass is 10.0. The summed E-state index contributed by atoms with van der Waals surface area (Å²) in [5.41, 5.74) is 5.93. The van der Waals surface area contributed by atoms with E-state index in [1.807, 2.05) is 37.7 Å². The molecule has 6 nitrogen and oxygen atoms in total. The van der Waals surface area contributed by atoms with Crippen LogP contribution in [0.25, 0.3) is 11.1 Å².